The van der Waals surface area contributed by atoms with Crippen LogP contribution in [0.15, 0.2) is 24.5 Å². The highest BCUT2D eigenvalue weighted by molar-refractivity contribution is 6.07. The Morgan fingerprint density at radius 1 is 1.42 bits per heavy atom. The predicted molar refractivity (Wildman–Crippen MR) is 72.5 cm³/mol. The topological polar surface area (TPSA) is 62.3 Å². The molecule has 1 aromatic heterocycles. The molecule has 1 aliphatic heterocycles. The third-order valence-corrected chi connectivity index (χ3v) is 3.49. The van der Waals surface area contributed by atoms with E-state index in [4.69, 9.17) is 0 Å². The Bertz CT molecular complexity index is 457. The molecule has 1 atom stereocenters. The van der Waals surface area contributed by atoms with E-state index in [1.54, 1.807) is 18.5 Å². The average molecular weight is 261 g/mol. The van der Waals surface area contributed by atoms with Crippen molar-refractivity contribution in [2.24, 2.45) is 0 Å². The van der Waals surface area contributed by atoms with Gasteiger partial charge >= 0.3 is 0 Å². The van der Waals surface area contributed by atoms with Gasteiger partial charge in [0.1, 0.15) is 6.04 Å². The minimum absolute atomic E-state index is 0.0145. The smallest absolute Gasteiger partial charge is 0.252 e. The minimum atomic E-state index is -0.461. The average Bonchev–Trinajstić information content (AvgIpc) is 2.69. The second kappa shape index (κ2) is 5.82. The van der Waals surface area contributed by atoms with E-state index in [0.717, 1.165) is 18.5 Å². The Morgan fingerprint density at radius 2 is 2.16 bits per heavy atom. The van der Waals surface area contributed by atoms with Crippen molar-refractivity contribution in [3.05, 3.63) is 24.5 Å². The summed E-state index contributed by atoms with van der Waals surface area (Å²) in [4.78, 5) is 29.7. The van der Waals surface area contributed by atoms with E-state index < -0.39 is 6.04 Å². The van der Waals surface area contributed by atoms with Crippen molar-refractivity contribution >= 4 is 17.5 Å². The molecule has 0 radical (unpaired) electrons. The van der Waals surface area contributed by atoms with Gasteiger partial charge in [-0.1, -0.05) is 13.8 Å². The number of pyridine rings is 1. The summed E-state index contributed by atoms with van der Waals surface area (Å²) in [6, 6.07) is 3.19. The summed E-state index contributed by atoms with van der Waals surface area (Å²) in [6.45, 7) is 3.99. The molecule has 1 N–H and O–H groups in total. The van der Waals surface area contributed by atoms with Crippen LogP contribution in [0.2, 0.25) is 0 Å². The fraction of sp³-hybridized carbons (Fsp3) is 0.500. The van der Waals surface area contributed by atoms with Crippen LogP contribution in [0.4, 0.5) is 5.69 Å². The Kier molecular flexibility index (Phi) is 4.14. The molecule has 1 unspecified atom stereocenters. The second-order valence-electron chi connectivity index (χ2n) is 4.72. The summed E-state index contributed by atoms with van der Waals surface area (Å²) in [5.74, 6) is -0.206. The lowest BCUT2D eigenvalue weighted by atomic mass is 10.1. The van der Waals surface area contributed by atoms with Crippen molar-refractivity contribution in [1.29, 1.82) is 0 Å². The van der Waals surface area contributed by atoms with Crippen LogP contribution < -0.4 is 5.32 Å². The Morgan fingerprint density at radius 3 is 2.74 bits per heavy atom. The van der Waals surface area contributed by atoms with Gasteiger partial charge in [-0.05, 0) is 25.0 Å². The predicted octanol–water partition coefficient (Wildman–Crippen LogP) is 1.81. The van der Waals surface area contributed by atoms with Crippen molar-refractivity contribution in [2.75, 3.05) is 5.32 Å². The molecular formula is C14H19N3O2. The molecule has 2 heterocycles. The summed E-state index contributed by atoms with van der Waals surface area (Å²) < 4.78 is 0. The van der Waals surface area contributed by atoms with Crippen molar-refractivity contribution < 1.29 is 9.59 Å². The van der Waals surface area contributed by atoms with Crippen LogP contribution in [0.3, 0.4) is 0 Å². The largest absolute Gasteiger partial charge is 0.372 e. The molecule has 5 nitrogen and oxygen atoms in total. The lowest BCUT2D eigenvalue weighted by molar-refractivity contribution is -0.141. The van der Waals surface area contributed by atoms with Crippen LogP contribution >= 0.6 is 0 Å². The molecule has 0 aliphatic carbocycles. The molecule has 0 bridgehead atoms. The highest BCUT2D eigenvalue weighted by atomic mass is 16.2. The SMILES string of the molecule is CCC(CC)N1C(=O)CC(Nc2cccnc2)C1=O. The van der Waals surface area contributed by atoms with Gasteiger partial charge in [-0.15, -0.1) is 0 Å². The highest BCUT2D eigenvalue weighted by Gasteiger charge is 2.41. The zero-order valence-electron chi connectivity index (χ0n) is 11.3. The van der Waals surface area contributed by atoms with Gasteiger partial charge in [0.05, 0.1) is 12.1 Å². The van der Waals surface area contributed by atoms with Gasteiger partial charge in [-0.25, -0.2) is 0 Å². The first-order valence-corrected chi connectivity index (χ1v) is 6.69. The fourth-order valence-electron chi connectivity index (χ4n) is 2.45. The van der Waals surface area contributed by atoms with Crippen molar-refractivity contribution in [3.63, 3.8) is 0 Å². The number of likely N-dealkylation sites (tertiary alicyclic amines) is 1. The normalized spacial score (nSPS) is 19.3. The standard InChI is InChI=1S/C14H19N3O2/c1-3-11(4-2)17-13(18)8-12(14(17)19)16-10-6-5-7-15-9-10/h5-7,9,11-12,16H,3-4,8H2,1-2H3. The van der Waals surface area contributed by atoms with Crippen LogP contribution in [-0.4, -0.2) is 33.8 Å². The van der Waals surface area contributed by atoms with E-state index >= 15 is 0 Å². The third kappa shape index (κ3) is 2.75. The lowest BCUT2D eigenvalue weighted by Crippen LogP contribution is -2.41. The summed E-state index contributed by atoms with van der Waals surface area (Å²) in [5, 5.41) is 3.08. The number of hydrogen-bond acceptors (Lipinski definition) is 4. The number of rotatable bonds is 5. The molecule has 0 spiro atoms. The maximum absolute atomic E-state index is 12.3. The van der Waals surface area contributed by atoms with E-state index in [0.29, 0.717) is 0 Å². The van der Waals surface area contributed by atoms with Gasteiger partial charge < -0.3 is 5.32 Å². The van der Waals surface area contributed by atoms with Crippen LogP contribution in [-0.2, 0) is 9.59 Å². The minimum Gasteiger partial charge on any atom is -0.372 e. The maximum Gasteiger partial charge on any atom is 0.252 e. The molecule has 0 saturated carbocycles. The van der Waals surface area contributed by atoms with E-state index in [1.165, 1.54) is 4.90 Å². The molecule has 102 valence electrons. The molecule has 1 fully saturated rings. The molecule has 0 aromatic carbocycles. The molecule has 1 saturated heterocycles. The molecule has 2 rings (SSSR count). The molecule has 1 aromatic rings. The number of hydrogen-bond donors (Lipinski definition) is 1. The second-order valence-corrected chi connectivity index (χ2v) is 4.72. The molecule has 2 amide bonds. The van der Waals surface area contributed by atoms with E-state index in [9.17, 15) is 9.59 Å². The fourth-order valence-corrected chi connectivity index (χ4v) is 2.45. The zero-order chi connectivity index (χ0) is 13.8. The van der Waals surface area contributed by atoms with Gasteiger partial charge in [0.15, 0.2) is 0 Å². The number of nitrogens with one attached hydrogen (secondary N) is 1. The van der Waals surface area contributed by atoms with E-state index in [2.05, 4.69) is 10.3 Å². The van der Waals surface area contributed by atoms with Crippen molar-refractivity contribution in [3.8, 4) is 0 Å². The summed E-state index contributed by atoms with van der Waals surface area (Å²) in [7, 11) is 0. The van der Waals surface area contributed by atoms with Gasteiger partial charge in [-0.3, -0.25) is 19.5 Å². The number of carbonyl (C=O) groups excluding carboxylic acids is 2. The summed E-state index contributed by atoms with van der Waals surface area (Å²) in [5.41, 5.74) is 0.764. The third-order valence-electron chi connectivity index (χ3n) is 3.49. The number of amides is 2. The molecular weight excluding hydrogens is 242 g/mol. The van der Waals surface area contributed by atoms with E-state index in [1.807, 2.05) is 19.9 Å². The molecule has 5 heteroatoms. The van der Waals surface area contributed by atoms with Gasteiger partial charge in [0.25, 0.3) is 5.91 Å². The number of nitrogens with zero attached hydrogens (tertiary/aromatic N) is 2. The van der Waals surface area contributed by atoms with Gasteiger partial charge in [0, 0.05) is 18.4 Å². The van der Waals surface area contributed by atoms with Crippen LogP contribution in [0.5, 0.6) is 0 Å². The van der Waals surface area contributed by atoms with Crippen LogP contribution in [0.25, 0.3) is 0 Å². The number of imide groups is 1. The van der Waals surface area contributed by atoms with Crippen LogP contribution in [0, 0.1) is 0 Å². The first kappa shape index (κ1) is 13.5. The highest BCUT2D eigenvalue weighted by Crippen LogP contribution is 2.22. The summed E-state index contributed by atoms with van der Waals surface area (Å²) >= 11 is 0. The van der Waals surface area contributed by atoms with Gasteiger partial charge in [0.2, 0.25) is 5.91 Å². The Labute approximate surface area is 113 Å². The van der Waals surface area contributed by atoms with Crippen LogP contribution in [0.1, 0.15) is 33.1 Å². The van der Waals surface area contributed by atoms with Gasteiger partial charge in [-0.2, -0.15) is 0 Å². The quantitative estimate of drug-likeness (QED) is 0.821. The Hall–Kier alpha value is -1.91. The van der Waals surface area contributed by atoms with Crippen molar-refractivity contribution in [2.45, 2.75) is 45.2 Å². The number of carbonyl (C=O) groups is 2. The zero-order valence-corrected chi connectivity index (χ0v) is 11.3. The number of aromatic nitrogens is 1. The monoisotopic (exact) mass is 261 g/mol. The maximum atomic E-state index is 12.3. The first-order valence-electron chi connectivity index (χ1n) is 6.69. The lowest BCUT2D eigenvalue weighted by Gasteiger charge is -2.24. The molecule has 19 heavy (non-hydrogen) atoms. The van der Waals surface area contributed by atoms with Crippen molar-refractivity contribution in [1.82, 2.24) is 9.88 Å². The Balaban J connectivity index is 2.10. The first-order chi connectivity index (χ1) is 9.17. The molecule has 1 aliphatic rings. The number of anilines is 1. The summed E-state index contributed by atoms with van der Waals surface area (Å²) in [6.07, 6.45) is 5.15. The van der Waals surface area contributed by atoms with E-state index in [-0.39, 0.29) is 24.3 Å².